The van der Waals surface area contributed by atoms with Crippen LogP contribution in [-0.2, 0) is 0 Å². The SMILES string of the molecule is CCC(CC)c1cc(C)nn2c(B(O)O)c(C)nc12. The zero-order valence-electron chi connectivity index (χ0n) is 11.9. The number of imidazole rings is 1. The molecular weight excluding hydrogens is 241 g/mol. The van der Waals surface area contributed by atoms with Crippen molar-refractivity contribution in [2.24, 2.45) is 0 Å². The van der Waals surface area contributed by atoms with Gasteiger partial charge < -0.3 is 10.0 Å². The lowest BCUT2D eigenvalue weighted by molar-refractivity contribution is 0.423. The highest BCUT2D eigenvalue weighted by molar-refractivity contribution is 6.58. The lowest BCUT2D eigenvalue weighted by atomic mass is 9.85. The summed E-state index contributed by atoms with van der Waals surface area (Å²) in [7, 11) is -1.56. The van der Waals surface area contributed by atoms with Crippen molar-refractivity contribution in [3.05, 3.63) is 23.0 Å². The molecule has 102 valence electrons. The van der Waals surface area contributed by atoms with E-state index in [2.05, 4.69) is 23.9 Å². The van der Waals surface area contributed by atoms with E-state index in [4.69, 9.17) is 0 Å². The van der Waals surface area contributed by atoms with Gasteiger partial charge in [0.2, 0.25) is 0 Å². The fraction of sp³-hybridized carbons (Fsp3) is 0.538. The first-order chi connectivity index (χ1) is 8.99. The van der Waals surface area contributed by atoms with E-state index in [0.717, 1.165) is 29.7 Å². The Kier molecular flexibility index (Phi) is 3.92. The van der Waals surface area contributed by atoms with Crippen LogP contribution in [0.4, 0.5) is 0 Å². The second kappa shape index (κ2) is 5.31. The van der Waals surface area contributed by atoms with E-state index in [9.17, 15) is 10.0 Å². The van der Waals surface area contributed by atoms with Gasteiger partial charge in [0.15, 0.2) is 5.65 Å². The van der Waals surface area contributed by atoms with Crippen LogP contribution in [0.1, 0.15) is 49.6 Å². The van der Waals surface area contributed by atoms with Gasteiger partial charge >= 0.3 is 7.12 Å². The highest BCUT2D eigenvalue weighted by Crippen LogP contribution is 2.26. The number of fused-ring (bicyclic) bond motifs is 1. The number of hydrogen-bond donors (Lipinski definition) is 2. The zero-order valence-corrected chi connectivity index (χ0v) is 11.9. The van der Waals surface area contributed by atoms with Crippen molar-refractivity contribution < 1.29 is 10.0 Å². The molecule has 0 spiro atoms. The predicted octanol–water partition coefficient (Wildman–Crippen LogP) is 0.930. The number of aromatic nitrogens is 3. The van der Waals surface area contributed by atoms with Gasteiger partial charge in [-0.25, -0.2) is 9.50 Å². The van der Waals surface area contributed by atoms with Crippen molar-refractivity contribution in [1.82, 2.24) is 14.6 Å². The molecule has 5 nitrogen and oxygen atoms in total. The minimum Gasteiger partial charge on any atom is -0.422 e. The van der Waals surface area contributed by atoms with Crippen molar-refractivity contribution in [3.8, 4) is 0 Å². The number of aryl methyl sites for hydroxylation is 2. The summed E-state index contributed by atoms with van der Waals surface area (Å²) in [6, 6.07) is 2.05. The molecule has 0 aliphatic rings. The molecule has 0 fully saturated rings. The Balaban J connectivity index is 2.76. The standard InChI is InChI=1S/C13H20BN3O2/c1-5-10(6-2)11-7-8(3)16-17-12(14(18)19)9(4)15-13(11)17/h7,10,18-19H,5-6H2,1-4H3. The largest absolute Gasteiger partial charge is 0.510 e. The molecule has 0 aliphatic heterocycles. The Morgan fingerprint density at radius 3 is 2.42 bits per heavy atom. The van der Waals surface area contributed by atoms with E-state index < -0.39 is 7.12 Å². The van der Waals surface area contributed by atoms with Gasteiger partial charge in [0, 0.05) is 5.56 Å². The molecule has 0 unspecified atom stereocenters. The average molecular weight is 261 g/mol. The van der Waals surface area contributed by atoms with Crippen molar-refractivity contribution in [1.29, 1.82) is 0 Å². The first kappa shape index (κ1) is 14.0. The molecule has 0 saturated heterocycles. The Hall–Kier alpha value is -1.40. The molecule has 0 aromatic carbocycles. The van der Waals surface area contributed by atoms with Gasteiger partial charge in [-0.3, -0.25) is 0 Å². The third-order valence-electron chi connectivity index (χ3n) is 3.62. The van der Waals surface area contributed by atoms with E-state index in [1.54, 1.807) is 11.4 Å². The number of hydrogen-bond acceptors (Lipinski definition) is 4. The predicted molar refractivity (Wildman–Crippen MR) is 75.6 cm³/mol. The summed E-state index contributed by atoms with van der Waals surface area (Å²) in [4.78, 5) is 4.47. The van der Waals surface area contributed by atoms with Crippen LogP contribution in [0.2, 0.25) is 0 Å². The van der Waals surface area contributed by atoms with Crippen LogP contribution in [0.15, 0.2) is 6.07 Å². The number of nitrogens with zero attached hydrogens (tertiary/aromatic N) is 3. The van der Waals surface area contributed by atoms with Gasteiger partial charge in [0.05, 0.1) is 17.0 Å². The summed E-state index contributed by atoms with van der Waals surface area (Å²) in [6.07, 6.45) is 2.05. The monoisotopic (exact) mass is 261 g/mol. The smallest absolute Gasteiger partial charge is 0.422 e. The maximum Gasteiger partial charge on any atom is 0.510 e. The lowest BCUT2D eigenvalue weighted by Gasteiger charge is -2.14. The second-order valence-electron chi connectivity index (χ2n) is 4.95. The van der Waals surface area contributed by atoms with Gasteiger partial charge in [-0.05, 0) is 38.7 Å². The summed E-state index contributed by atoms with van der Waals surface area (Å²) < 4.78 is 1.57. The molecule has 0 radical (unpaired) electrons. The van der Waals surface area contributed by atoms with Crippen LogP contribution >= 0.6 is 0 Å². The van der Waals surface area contributed by atoms with Gasteiger partial charge in [-0.15, -0.1) is 0 Å². The van der Waals surface area contributed by atoms with Gasteiger partial charge in [-0.2, -0.15) is 5.10 Å². The summed E-state index contributed by atoms with van der Waals surface area (Å²) >= 11 is 0. The topological polar surface area (TPSA) is 70.7 Å². The summed E-state index contributed by atoms with van der Waals surface area (Å²) in [6.45, 7) is 7.99. The minimum absolute atomic E-state index is 0.353. The molecule has 0 atom stereocenters. The minimum atomic E-state index is -1.56. The Morgan fingerprint density at radius 1 is 1.26 bits per heavy atom. The highest BCUT2D eigenvalue weighted by atomic mass is 16.4. The van der Waals surface area contributed by atoms with Crippen molar-refractivity contribution >= 4 is 18.4 Å². The Bertz CT molecular complexity index is 591. The molecule has 0 amide bonds. The average Bonchev–Trinajstić information content (AvgIpc) is 2.66. The molecule has 2 aromatic heterocycles. The maximum atomic E-state index is 9.48. The summed E-state index contributed by atoms with van der Waals surface area (Å²) in [5.74, 6) is 0.412. The van der Waals surface area contributed by atoms with E-state index in [0.29, 0.717) is 17.2 Å². The molecule has 0 bridgehead atoms. The third kappa shape index (κ3) is 2.38. The molecule has 19 heavy (non-hydrogen) atoms. The molecule has 0 aliphatic carbocycles. The quantitative estimate of drug-likeness (QED) is 0.803. The van der Waals surface area contributed by atoms with Gasteiger partial charge in [0.1, 0.15) is 0 Å². The fourth-order valence-corrected chi connectivity index (χ4v) is 2.62. The first-order valence-electron chi connectivity index (χ1n) is 6.72. The van der Waals surface area contributed by atoms with E-state index >= 15 is 0 Å². The third-order valence-corrected chi connectivity index (χ3v) is 3.62. The second-order valence-corrected chi connectivity index (χ2v) is 4.95. The lowest BCUT2D eigenvalue weighted by Crippen LogP contribution is -2.36. The molecule has 0 saturated carbocycles. The molecule has 6 heteroatoms. The first-order valence-corrected chi connectivity index (χ1v) is 6.72. The Labute approximate surface area is 113 Å². The fourth-order valence-electron chi connectivity index (χ4n) is 2.62. The molecule has 2 heterocycles. The summed E-state index contributed by atoms with van der Waals surface area (Å²) in [5, 5.41) is 23.3. The van der Waals surface area contributed by atoms with Crippen LogP contribution in [0.3, 0.4) is 0 Å². The number of rotatable bonds is 4. The van der Waals surface area contributed by atoms with Crippen molar-refractivity contribution in [3.63, 3.8) is 0 Å². The zero-order chi connectivity index (χ0) is 14.2. The van der Waals surface area contributed by atoms with E-state index in [1.165, 1.54) is 0 Å². The van der Waals surface area contributed by atoms with Crippen LogP contribution in [0, 0.1) is 13.8 Å². The van der Waals surface area contributed by atoms with Crippen molar-refractivity contribution in [2.45, 2.75) is 46.5 Å². The summed E-state index contributed by atoms with van der Waals surface area (Å²) in [5.41, 5.74) is 3.69. The maximum absolute atomic E-state index is 9.48. The van der Waals surface area contributed by atoms with Gasteiger partial charge in [-0.1, -0.05) is 13.8 Å². The van der Waals surface area contributed by atoms with Crippen LogP contribution in [-0.4, -0.2) is 31.8 Å². The van der Waals surface area contributed by atoms with E-state index in [-0.39, 0.29) is 0 Å². The molecular formula is C13H20BN3O2. The highest BCUT2D eigenvalue weighted by Gasteiger charge is 2.24. The molecule has 2 aromatic rings. The van der Waals surface area contributed by atoms with E-state index in [1.807, 2.05) is 13.0 Å². The Morgan fingerprint density at radius 2 is 1.89 bits per heavy atom. The van der Waals surface area contributed by atoms with Crippen LogP contribution in [0.25, 0.3) is 5.65 Å². The van der Waals surface area contributed by atoms with Crippen LogP contribution in [0.5, 0.6) is 0 Å². The van der Waals surface area contributed by atoms with Gasteiger partial charge in [0.25, 0.3) is 0 Å². The normalized spacial score (nSPS) is 11.5. The van der Waals surface area contributed by atoms with Crippen LogP contribution < -0.4 is 5.59 Å². The molecule has 2 rings (SSSR count). The molecule has 2 N–H and O–H groups in total. The van der Waals surface area contributed by atoms with Crippen molar-refractivity contribution in [2.75, 3.05) is 0 Å².